The Hall–Kier alpha value is -1.33. The highest BCUT2D eigenvalue weighted by molar-refractivity contribution is 7.73. The van der Waals surface area contributed by atoms with Crippen LogP contribution in [0.15, 0.2) is 34.7 Å². The predicted molar refractivity (Wildman–Crippen MR) is 113 cm³/mol. The van der Waals surface area contributed by atoms with E-state index in [1.54, 1.807) is 39.5 Å². The van der Waals surface area contributed by atoms with Gasteiger partial charge in [-0.1, -0.05) is 17.4 Å². The van der Waals surface area contributed by atoms with Crippen LogP contribution in [0, 0.1) is 31.6 Å². The molecule has 4 aromatic rings. The largest absolute Gasteiger partial charge is 0.258 e. The van der Waals surface area contributed by atoms with Gasteiger partial charge in [-0.25, -0.2) is 0 Å². The van der Waals surface area contributed by atoms with Gasteiger partial charge >= 0.3 is 0 Å². The Morgan fingerprint density at radius 3 is 1.92 bits per heavy atom. The van der Waals surface area contributed by atoms with Crippen LogP contribution in [-0.4, -0.2) is 25.4 Å². The molecule has 0 aromatic carbocycles. The molecular weight excluding hydrogens is 411 g/mol. The summed E-state index contributed by atoms with van der Waals surface area (Å²) in [7, 11) is 0. The maximum absolute atomic E-state index is 4.73. The van der Waals surface area contributed by atoms with E-state index in [0.717, 1.165) is 14.0 Å². The molecule has 0 radical (unpaired) electrons. The molecule has 4 aromatic heterocycles. The number of hydrogen-bond acceptors (Lipinski definition) is 9. The van der Waals surface area contributed by atoms with Crippen LogP contribution in [0.2, 0.25) is 0 Å². The van der Waals surface area contributed by atoms with Crippen LogP contribution in [0.1, 0.15) is 19.8 Å². The molecule has 1 N–H and O–H groups in total. The van der Waals surface area contributed by atoms with Crippen LogP contribution in [0.25, 0.3) is 0 Å². The van der Waals surface area contributed by atoms with Crippen molar-refractivity contribution in [1.29, 1.82) is 0 Å². The normalized spacial score (nSPS) is 8.96. The Bertz CT molecular complexity index is 739. The molecule has 0 spiro atoms. The number of thiazole rings is 1. The Morgan fingerprint density at radius 1 is 0.960 bits per heavy atom. The summed E-state index contributed by atoms with van der Waals surface area (Å²) in [6.45, 7) is 7.98. The molecule has 0 saturated carbocycles. The first-order valence-corrected chi connectivity index (χ1v) is 10.9. The highest BCUT2D eigenvalue weighted by Crippen LogP contribution is 2.03. The Balaban J connectivity index is 0.000000167. The first kappa shape index (κ1) is 21.7. The van der Waals surface area contributed by atoms with Crippen molar-refractivity contribution in [3.63, 3.8) is 0 Å². The lowest BCUT2D eigenvalue weighted by Crippen LogP contribution is -1.65. The first-order valence-electron chi connectivity index (χ1n) is 7.07. The molecule has 5 nitrogen and oxygen atoms in total. The summed E-state index contributed by atoms with van der Waals surface area (Å²) in [5.74, 6) is 0. The van der Waals surface area contributed by atoms with Crippen molar-refractivity contribution >= 4 is 57.6 Å². The Labute approximate surface area is 168 Å². The number of nitrogens with zero attached hydrogens (tertiary/aromatic N) is 4. The zero-order valence-corrected chi connectivity index (χ0v) is 18.4. The lowest BCUT2D eigenvalue weighted by molar-refractivity contribution is 1.04. The van der Waals surface area contributed by atoms with Crippen molar-refractivity contribution in [3.05, 3.63) is 58.5 Å². The summed E-state index contributed by atoms with van der Waals surface area (Å²) < 4.78 is 0.748. The summed E-state index contributed by atoms with van der Waals surface area (Å²) in [5, 5.41) is 17.8. The van der Waals surface area contributed by atoms with Gasteiger partial charge in [-0.05, 0) is 51.4 Å². The molecule has 0 aliphatic heterocycles. The molecule has 0 saturated heterocycles. The van der Waals surface area contributed by atoms with Crippen molar-refractivity contribution < 1.29 is 0 Å². The number of hydrogen-bond donors (Lipinski definition) is 1. The van der Waals surface area contributed by atoms with E-state index in [1.165, 1.54) is 21.1 Å². The quantitative estimate of drug-likeness (QED) is 0.354. The maximum atomic E-state index is 4.73. The SMILES string of the molecule is Cc1cccs1.Cc1cncs1.Cc1n[nH]c(=S)s1.Cc1nncs1. The Kier molecular flexibility index (Phi) is 11.2. The molecule has 4 heterocycles. The van der Waals surface area contributed by atoms with E-state index in [-0.39, 0.29) is 0 Å². The second kappa shape index (κ2) is 13.0. The molecule has 0 bridgehead atoms. The number of aryl methyl sites for hydroxylation is 4. The van der Waals surface area contributed by atoms with Crippen molar-refractivity contribution in [2.24, 2.45) is 0 Å². The van der Waals surface area contributed by atoms with Gasteiger partial charge in [0, 0.05) is 16.0 Å². The summed E-state index contributed by atoms with van der Waals surface area (Å²) in [5.41, 5.74) is 3.55. The van der Waals surface area contributed by atoms with E-state index in [2.05, 4.69) is 49.8 Å². The number of aromatic nitrogens is 5. The third kappa shape index (κ3) is 11.8. The summed E-state index contributed by atoms with van der Waals surface area (Å²) >= 11 is 11.2. The van der Waals surface area contributed by atoms with Crippen molar-refractivity contribution in [2.45, 2.75) is 27.7 Å². The fourth-order valence-corrected chi connectivity index (χ4v) is 3.31. The van der Waals surface area contributed by atoms with Gasteiger partial charge in [0.1, 0.15) is 15.5 Å². The second-order valence-electron chi connectivity index (χ2n) is 4.43. The van der Waals surface area contributed by atoms with E-state index in [0.29, 0.717) is 0 Å². The molecule has 10 heteroatoms. The van der Waals surface area contributed by atoms with Gasteiger partial charge in [-0.15, -0.1) is 44.2 Å². The topological polar surface area (TPSA) is 67.3 Å². The van der Waals surface area contributed by atoms with Gasteiger partial charge in [-0.3, -0.25) is 10.1 Å². The Morgan fingerprint density at radius 2 is 1.76 bits per heavy atom. The van der Waals surface area contributed by atoms with E-state index >= 15 is 0 Å². The molecule has 0 amide bonds. The minimum absolute atomic E-state index is 0.748. The highest BCUT2D eigenvalue weighted by atomic mass is 32.1. The zero-order chi connectivity index (χ0) is 18.5. The molecule has 0 aliphatic carbocycles. The lowest BCUT2D eigenvalue weighted by Gasteiger charge is -1.65. The summed E-state index contributed by atoms with van der Waals surface area (Å²) in [4.78, 5) is 6.50. The van der Waals surface area contributed by atoms with Crippen molar-refractivity contribution in [1.82, 2.24) is 25.4 Å². The average Bonchev–Trinajstić information content (AvgIpc) is 3.34. The smallest absolute Gasteiger partial charge is 0.176 e. The van der Waals surface area contributed by atoms with Crippen LogP contribution in [0.4, 0.5) is 0 Å². The first-order chi connectivity index (χ1) is 12.0. The number of H-pyrrole nitrogens is 1. The number of rotatable bonds is 0. The zero-order valence-electron chi connectivity index (χ0n) is 14.3. The third-order valence-corrected chi connectivity index (χ3v) is 5.37. The van der Waals surface area contributed by atoms with Crippen LogP contribution < -0.4 is 0 Å². The van der Waals surface area contributed by atoms with Crippen molar-refractivity contribution in [3.8, 4) is 0 Å². The molecule has 0 aliphatic rings. The average molecular weight is 430 g/mol. The molecule has 134 valence electrons. The predicted octanol–water partition coefficient (Wildman–Crippen LogP) is 5.86. The van der Waals surface area contributed by atoms with E-state index in [9.17, 15) is 0 Å². The van der Waals surface area contributed by atoms with Gasteiger partial charge in [-0.2, -0.15) is 5.10 Å². The van der Waals surface area contributed by atoms with Gasteiger partial charge < -0.3 is 0 Å². The lowest BCUT2D eigenvalue weighted by atomic mass is 10.5. The summed E-state index contributed by atoms with van der Waals surface area (Å²) in [6, 6.07) is 4.16. The van der Waals surface area contributed by atoms with Gasteiger partial charge in [0.2, 0.25) is 0 Å². The highest BCUT2D eigenvalue weighted by Gasteiger charge is 1.82. The standard InChI is InChI=1S/C5H6S.C4H5NS.C3H4N2S2.C3H4N2S/c1-5-3-2-4-6-5;1-4-2-5-3-6-4;1-2-4-5-3(6)7-2;1-3-5-4-2-6-3/h2-4H,1H3;2-3H,1H3;1H3,(H,5,6);2H,1H3. The number of nitrogens with one attached hydrogen (secondary N) is 1. The minimum atomic E-state index is 0.748. The summed E-state index contributed by atoms with van der Waals surface area (Å²) in [6.07, 6.45) is 1.85. The number of aromatic amines is 1. The second-order valence-corrected chi connectivity index (χ2v) is 9.58. The molecule has 25 heavy (non-hydrogen) atoms. The molecule has 0 unspecified atom stereocenters. The van der Waals surface area contributed by atoms with Gasteiger partial charge in [0.15, 0.2) is 3.95 Å². The molecule has 4 rings (SSSR count). The van der Waals surface area contributed by atoms with Crippen LogP contribution in [0.5, 0.6) is 0 Å². The van der Waals surface area contributed by atoms with Crippen LogP contribution in [-0.2, 0) is 0 Å². The van der Waals surface area contributed by atoms with E-state index < -0.39 is 0 Å². The van der Waals surface area contributed by atoms with E-state index in [4.69, 9.17) is 12.2 Å². The number of thiophene rings is 1. The van der Waals surface area contributed by atoms with Gasteiger partial charge in [0.05, 0.1) is 5.51 Å². The molecule has 0 atom stereocenters. The van der Waals surface area contributed by atoms with Crippen molar-refractivity contribution in [2.75, 3.05) is 0 Å². The van der Waals surface area contributed by atoms with Gasteiger partial charge in [0.25, 0.3) is 0 Å². The fourth-order valence-electron chi connectivity index (χ4n) is 1.17. The molecule has 0 fully saturated rings. The van der Waals surface area contributed by atoms with Crippen LogP contribution in [0.3, 0.4) is 0 Å². The third-order valence-electron chi connectivity index (χ3n) is 2.23. The molecular formula is C15H19N5S5. The minimum Gasteiger partial charge on any atom is -0.258 e. The van der Waals surface area contributed by atoms with Crippen LogP contribution >= 0.6 is 57.6 Å². The monoisotopic (exact) mass is 429 g/mol. The maximum Gasteiger partial charge on any atom is 0.176 e. The fraction of sp³-hybridized carbons (Fsp3) is 0.267. The van der Waals surface area contributed by atoms with E-state index in [1.807, 2.05) is 32.5 Å².